The van der Waals surface area contributed by atoms with E-state index in [4.69, 9.17) is 23.7 Å². The summed E-state index contributed by atoms with van der Waals surface area (Å²) in [5.74, 6) is -7.79. The van der Waals surface area contributed by atoms with Crippen LogP contribution in [-0.2, 0) is 42.9 Å². The molecule has 0 spiro atoms. The van der Waals surface area contributed by atoms with Gasteiger partial charge in [0, 0.05) is 37.7 Å². The largest absolute Gasteiger partial charge is 0.456 e. The molecule has 4 N–H and O–H groups in total. The van der Waals surface area contributed by atoms with Crippen molar-refractivity contribution in [2.45, 2.75) is 108 Å². The zero-order valence-electron chi connectivity index (χ0n) is 35.5. The molecule has 334 valence electrons. The summed E-state index contributed by atoms with van der Waals surface area (Å²) >= 11 is 0. The molecule has 1 unspecified atom stereocenters. The van der Waals surface area contributed by atoms with Gasteiger partial charge in [-0.2, -0.15) is 0 Å². The number of Topliss-reactive ketones (excluding diaryl/α,β-unsaturated/α-hetero) is 1. The summed E-state index contributed by atoms with van der Waals surface area (Å²) in [5, 5.41) is 40.1. The van der Waals surface area contributed by atoms with Crippen LogP contribution in [0, 0.1) is 22.6 Å². The fourth-order valence-electron chi connectivity index (χ4n) is 10.2. The maximum atomic E-state index is 15.5. The van der Waals surface area contributed by atoms with Gasteiger partial charge in [-0.25, -0.2) is 14.0 Å². The number of ketones is 1. The van der Waals surface area contributed by atoms with Crippen LogP contribution in [0.3, 0.4) is 0 Å². The first-order chi connectivity index (χ1) is 29.7. The number of carbonyl (C=O) groups is 6. The molecular formula is C47H50FNO14. The molecule has 2 saturated carbocycles. The van der Waals surface area contributed by atoms with E-state index >= 15 is 4.79 Å². The minimum Gasteiger partial charge on any atom is -0.456 e. The number of carbonyl (C=O) groups excluding carboxylic acids is 6. The zero-order chi connectivity index (χ0) is 45.8. The lowest BCUT2D eigenvalue weighted by Gasteiger charge is -2.67. The van der Waals surface area contributed by atoms with E-state index in [1.54, 1.807) is 36.4 Å². The number of nitrogens with one attached hydrogen (secondary N) is 1. The van der Waals surface area contributed by atoms with Crippen molar-refractivity contribution in [3.05, 3.63) is 119 Å². The number of amides is 1. The van der Waals surface area contributed by atoms with E-state index in [0.29, 0.717) is 0 Å². The van der Waals surface area contributed by atoms with Gasteiger partial charge in [-0.05, 0) is 67.0 Å². The van der Waals surface area contributed by atoms with Crippen molar-refractivity contribution in [3.8, 4) is 0 Å². The van der Waals surface area contributed by atoms with Crippen molar-refractivity contribution >= 4 is 35.6 Å². The number of benzene rings is 3. The third kappa shape index (κ3) is 7.62. The van der Waals surface area contributed by atoms with Crippen LogP contribution in [0.25, 0.3) is 0 Å². The van der Waals surface area contributed by atoms with Crippen LogP contribution < -0.4 is 5.32 Å². The molecule has 11 atom stereocenters. The molecule has 0 radical (unpaired) electrons. The SMILES string of the molecule is CC(=O)O[C@H]1C(=O)[C@@]2(C)[C@H]([C@H](OC(=O)c3ccccc3)[C@]3(O)C[C@H](OC(=O)[C@H](O)C(NC(=O)c4ccccc4)c4ccc(F)cc4)C(C)=C1C3(C)C)[C@]1(OC(C)=O)CO[C@@H]1C[C@@H]2O. The van der Waals surface area contributed by atoms with Gasteiger partial charge >= 0.3 is 23.9 Å². The maximum absolute atomic E-state index is 15.5. The van der Waals surface area contributed by atoms with E-state index in [2.05, 4.69) is 5.32 Å². The highest BCUT2D eigenvalue weighted by Gasteiger charge is 2.78. The zero-order valence-corrected chi connectivity index (χ0v) is 35.5. The van der Waals surface area contributed by atoms with Gasteiger partial charge < -0.3 is 44.3 Å². The number of aliphatic hydroxyl groups is 3. The molecule has 3 aromatic rings. The smallest absolute Gasteiger partial charge is 0.338 e. The van der Waals surface area contributed by atoms with E-state index in [9.17, 15) is 43.7 Å². The molecule has 2 bridgehead atoms. The molecule has 1 aliphatic heterocycles. The average molecular weight is 872 g/mol. The lowest BCUT2D eigenvalue weighted by molar-refractivity contribution is -0.346. The molecule has 15 nitrogen and oxygen atoms in total. The quantitative estimate of drug-likeness (QED) is 0.129. The second-order valence-corrected chi connectivity index (χ2v) is 17.5. The molecule has 3 fully saturated rings. The fourth-order valence-corrected chi connectivity index (χ4v) is 10.2. The topological polar surface area (TPSA) is 221 Å². The average Bonchev–Trinajstić information content (AvgIpc) is 3.24. The number of esters is 4. The summed E-state index contributed by atoms with van der Waals surface area (Å²) in [6, 6.07) is 18.9. The molecule has 1 saturated heterocycles. The fraction of sp³-hybridized carbons (Fsp3) is 0.447. The summed E-state index contributed by atoms with van der Waals surface area (Å²) in [7, 11) is 0. The predicted octanol–water partition coefficient (Wildman–Crippen LogP) is 3.87. The number of rotatable bonds is 10. The van der Waals surface area contributed by atoms with Gasteiger partial charge in [0.25, 0.3) is 5.91 Å². The van der Waals surface area contributed by atoms with E-state index in [0.717, 1.165) is 26.0 Å². The van der Waals surface area contributed by atoms with E-state index < -0.39 is 118 Å². The van der Waals surface area contributed by atoms with E-state index in [-0.39, 0.29) is 40.9 Å². The van der Waals surface area contributed by atoms with Crippen LogP contribution in [0.4, 0.5) is 4.39 Å². The number of fused-ring (bicyclic) bond motifs is 5. The Balaban J connectivity index is 1.39. The van der Waals surface area contributed by atoms with Crippen molar-refractivity contribution in [2.75, 3.05) is 6.61 Å². The third-order valence-corrected chi connectivity index (χ3v) is 13.6. The van der Waals surface area contributed by atoms with Crippen LogP contribution in [0.15, 0.2) is 96.1 Å². The van der Waals surface area contributed by atoms with Crippen molar-refractivity contribution in [3.63, 3.8) is 0 Å². The standard InChI is InChI=1S/C47H50FNO14/c1-24-31(61-43(57)36(53)35(27-17-19-30(48)20-18-27)49-41(55)28-13-9-7-10-14-28)22-47(58)40(62-42(56)29-15-11-8-12-16-29)38-45(6,32(52)21-33-46(38,23-59-33)63-26(3)51)39(54)37(60-25(2)50)34(24)44(47,4)5/h7-20,31-33,35-38,40,52-53,58H,21-23H2,1-6H3,(H,49,55)/t31-,32-,33+,35?,36+,37+,38-,40-,45+,46-,47+/m0/s1. The number of hydrogen-bond acceptors (Lipinski definition) is 14. The van der Waals surface area contributed by atoms with Gasteiger partial charge in [0.05, 0.1) is 35.6 Å². The summed E-state index contributed by atoms with van der Waals surface area (Å²) in [6.07, 6.45) is -10.9. The second kappa shape index (κ2) is 16.7. The first-order valence-electron chi connectivity index (χ1n) is 20.6. The van der Waals surface area contributed by atoms with E-state index in [1.165, 1.54) is 64.1 Å². The second-order valence-electron chi connectivity index (χ2n) is 17.5. The number of ether oxygens (including phenoxy) is 5. The Bertz CT molecular complexity index is 2340. The Kier molecular flexibility index (Phi) is 12.0. The minimum atomic E-state index is -2.44. The molecule has 3 aromatic carbocycles. The molecule has 4 aliphatic rings. The predicted molar refractivity (Wildman–Crippen MR) is 218 cm³/mol. The van der Waals surface area contributed by atoms with Gasteiger partial charge in [0.15, 0.2) is 23.6 Å². The van der Waals surface area contributed by atoms with Crippen LogP contribution in [-0.4, -0.2) is 105 Å². The number of hydrogen-bond donors (Lipinski definition) is 4. The molecule has 16 heteroatoms. The van der Waals surface area contributed by atoms with Gasteiger partial charge in [-0.1, -0.05) is 62.4 Å². The maximum Gasteiger partial charge on any atom is 0.338 e. The number of halogens is 1. The first-order valence-corrected chi connectivity index (χ1v) is 20.6. The third-order valence-electron chi connectivity index (χ3n) is 13.6. The molecule has 7 rings (SSSR count). The summed E-state index contributed by atoms with van der Waals surface area (Å²) in [5.41, 5.74) is -7.58. The van der Waals surface area contributed by atoms with Crippen molar-refractivity contribution in [2.24, 2.45) is 16.7 Å². The van der Waals surface area contributed by atoms with Gasteiger partial charge in [-0.15, -0.1) is 0 Å². The van der Waals surface area contributed by atoms with Gasteiger partial charge in [-0.3, -0.25) is 19.2 Å². The Morgan fingerprint density at radius 1 is 0.857 bits per heavy atom. The Labute approximate surface area is 362 Å². The molecular weight excluding hydrogens is 822 g/mol. The lowest BCUT2D eigenvalue weighted by atomic mass is 9.44. The highest BCUT2D eigenvalue weighted by Crippen LogP contribution is 2.64. The van der Waals surface area contributed by atoms with Crippen LogP contribution in [0.1, 0.15) is 86.7 Å². The van der Waals surface area contributed by atoms with Crippen LogP contribution >= 0.6 is 0 Å². The molecule has 1 amide bonds. The Hall–Kier alpha value is -5.81. The first kappa shape index (κ1) is 45.2. The van der Waals surface area contributed by atoms with Crippen molar-refractivity contribution in [1.29, 1.82) is 0 Å². The van der Waals surface area contributed by atoms with Gasteiger partial charge in [0.2, 0.25) is 0 Å². The molecule has 63 heavy (non-hydrogen) atoms. The van der Waals surface area contributed by atoms with Gasteiger partial charge in [0.1, 0.15) is 29.7 Å². The minimum absolute atomic E-state index is 0.0441. The molecule has 1 heterocycles. The summed E-state index contributed by atoms with van der Waals surface area (Å²) < 4.78 is 44.2. The van der Waals surface area contributed by atoms with Crippen molar-refractivity contribution in [1.82, 2.24) is 5.32 Å². The molecule has 3 aliphatic carbocycles. The normalized spacial score (nSPS) is 31.6. The summed E-state index contributed by atoms with van der Waals surface area (Å²) in [6.45, 7) is 7.79. The van der Waals surface area contributed by atoms with Crippen molar-refractivity contribution < 1.29 is 72.2 Å². The van der Waals surface area contributed by atoms with E-state index in [1.807, 2.05) is 0 Å². The monoisotopic (exact) mass is 871 g/mol. The molecule has 0 aromatic heterocycles. The lowest BCUT2D eigenvalue weighted by Crippen LogP contribution is -2.82. The Morgan fingerprint density at radius 3 is 2.02 bits per heavy atom. The Morgan fingerprint density at radius 2 is 1.46 bits per heavy atom. The number of aliphatic hydroxyl groups excluding tert-OH is 2. The van der Waals surface area contributed by atoms with Crippen LogP contribution in [0.5, 0.6) is 0 Å². The highest BCUT2D eigenvalue weighted by atomic mass is 19.1. The summed E-state index contributed by atoms with van der Waals surface area (Å²) in [4.78, 5) is 83.4. The van der Waals surface area contributed by atoms with Crippen LogP contribution in [0.2, 0.25) is 0 Å². The highest BCUT2D eigenvalue weighted by molar-refractivity contribution is 5.96.